The Balaban J connectivity index is 1.80. The zero-order valence-electron chi connectivity index (χ0n) is 16.0. The Kier molecular flexibility index (Phi) is 5.31. The zero-order chi connectivity index (χ0) is 20.5. The van der Waals surface area contributed by atoms with Gasteiger partial charge in [0.15, 0.2) is 0 Å². The van der Waals surface area contributed by atoms with Crippen molar-refractivity contribution in [2.75, 3.05) is 4.90 Å². The standard InChI is InChI=1S/C24H18ClNO2S/c1-15-3-7-17(8-4-15)21-22(29-20-13-9-18(25)10-14-20)24(28)26(23(21)27)19-11-5-16(2)6-12-19/h3-14H,1-2H3. The molecule has 1 heterocycles. The Morgan fingerprint density at radius 3 is 1.86 bits per heavy atom. The summed E-state index contributed by atoms with van der Waals surface area (Å²) in [6.45, 7) is 3.96. The van der Waals surface area contributed by atoms with Gasteiger partial charge in [-0.3, -0.25) is 9.59 Å². The van der Waals surface area contributed by atoms with E-state index in [1.54, 1.807) is 24.3 Å². The first kappa shape index (κ1) is 19.5. The number of thioether (sulfide) groups is 1. The molecule has 1 aliphatic rings. The van der Waals surface area contributed by atoms with Gasteiger partial charge in [0.1, 0.15) is 0 Å². The lowest BCUT2D eigenvalue weighted by Crippen LogP contribution is -2.31. The van der Waals surface area contributed by atoms with E-state index in [2.05, 4.69) is 0 Å². The fraction of sp³-hybridized carbons (Fsp3) is 0.0833. The van der Waals surface area contributed by atoms with Crippen molar-refractivity contribution in [1.82, 2.24) is 0 Å². The highest BCUT2D eigenvalue weighted by Crippen LogP contribution is 2.41. The van der Waals surface area contributed by atoms with Gasteiger partial charge in [-0.1, -0.05) is 70.9 Å². The molecule has 4 rings (SSSR count). The van der Waals surface area contributed by atoms with E-state index < -0.39 is 0 Å². The summed E-state index contributed by atoms with van der Waals surface area (Å²) in [5.41, 5.74) is 3.89. The highest BCUT2D eigenvalue weighted by Gasteiger charge is 2.40. The monoisotopic (exact) mass is 419 g/mol. The molecule has 0 unspecified atom stereocenters. The minimum absolute atomic E-state index is 0.306. The van der Waals surface area contributed by atoms with Crippen LogP contribution in [0, 0.1) is 13.8 Å². The molecule has 5 heteroatoms. The summed E-state index contributed by atoms with van der Waals surface area (Å²) < 4.78 is 0. The Morgan fingerprint density at radius 1 is 0.724 bits per heavy atom. The molecule has 0 N–H and O–H groups in total. The number of nitrogens with zero attached hydrogens (tertiary/aromatic N) is 1. The third kappa shape index (κ3) is 3.86. The predicted octanol–water partition coefficient (Wildman–Crippen LogP) is 6.03. The fourth-order valence-corrected chi connectivity index (χ4v) is 4.25. The number of rotatable bonds is 4. The summed E-state index contributed by atoms with van der Waals surface area (Å²) in [4.78, 5) is 29.2. The molecule has 1 aliphatic heterocycles. The number of carbonyl (C=O) groups excluding carboxylic acids is 2. The largest absolute Gasteiger partial charge is 0.272 e. The van der Waals surface area contributed by atoms with Gasteiger partial charge in [0.05, 0.1) is 16.2 Å². The van der Waals surface area contributed by atoms with E-state index >= 15 is 0 Å². The van der Waals surface area contributed by atoms with Gasteiger partial charge in [-0.15, -0.1) is 0 Å². The van der Waals surface area contributed by atoms with E-state index in [1.165, 1.54) is 16.7 Å². The molecule has 3 aromatic rings. The van der Waals surface area contributed by atoms with Crippen LogP contribution in [-0.4, -0.2) is 11.8 Å². The van der Waals surface area contributed by atoms with Crippen LogP contribution in [-0.2, 0) is 9.59 Å². The first-order valence-electron chi connectivity index (χ1n) is 9.14. The summed E-state index contributed by atoms with van der Waals surface area (Å²) in [6, 6.07) is 22.3. The van der Waals surface area contributed by atoms with Crippen LogP contribution in [0.4, 0.5) is 5.69 Å². The summed E-state index contributed by atoms with van der Waals surface area (Å²) in [5, 5.41) is 0.622. The van der Waals surface area contributed by atoms with Crippen LogP contribution >= 0.6 is 23.4 Å². The molecule has 0 saturated heterocycles. The number of imide groups is 1. The maximum atomic E-state index is 13.4. The van der Waals surface area contributed by atoms with Crippen molar-refractivity contribution in [3.8, 4) is 0 Å². The summed E-state index contributed by atoms with van der Waals surface area (Å²) in [7, 11) is 0. The van der Waals surface area contributed by atoms with Crippen LogP contribution in [0.25, 0.3) is 5.57 Å². The fourth-order valence-electron chi connectivity index (χ4n) is 3.13. The molecule has 29 heavy (non-hydrogen) atoms. The van der Waals surface area contributed by atoms with Crippen LogP contribution in [0.15, 0.2) is 82.6 Å². The van der Waals surface area contributed by atoms with Crippen molar-refractivity contribution < 1.29 is 9.59 Å². The second-order valence-electron chi connectivity index (χ2n) is 6.91. The molecule has 0 aromatic heterocycles. The van der Waals surface area contributed by atoms with Crippen molar-refractivity contribution in [3.63, 3.8) is 0 Å². The summed E-state index contributed by atoms with van der Waals surface area (Å²) in [6.07, 6.45) is 0. The van der Waals surface area contributed by atoms with Crippen LogP contribution in [0.2, 0.25) is 5.02 Å². The Hall–Kier alpha value is -2.82. The number of hydrogen-bond donors (Lipinski definition) is 0. The molecule has 0 aliphatic carbocycles. The molecule has 0 spiro atoms. The third-order valence-corrected chi connectivity index (χ3v) is 6.05. The van der Waals surface area contributed by atoms with E-state index in [1.807, 2.05) is 62.4 Å². The van der Waals surface area contributed by atoms with Gasteiger partial charge in [-0.05, 0) is 55.8 Å². The third-order valence-electron chi connectivity index (χ3n) is 4.71. The molecule has 0 fully saturated rings. The number of anilines is 1. The van der Waals surface area contributed by atoms with E-state index in [0.29, 0.717) is 21.2 Å². The Morgan fingerprint density at radius 2 is 1.28 bits per heavy atom. The molecule has 0 atom stereocenters. The average molecular weight is 420 g/mol. The van der Waals surface area contributed by atoms with E-state index in [4.69, 9.17) is 11.6 Å². The minimum atomic E-state index is -0.311. The lowest BCUT2D eigenvalue weighted by atomic mass is 10.0. The smallest absolute Gasteiger partial charge is 0.268 e. The second kappa shape index (κ2) is 7.90. The minimum Gasteiger partial charge on any atom is -0.268 e. The van der Waals surface area contributed by atoms with Gasteiger partial charge in [0, 0.05) is 9.92 Å². The highest BCUT2D eigenvalue weighted by atomic mass is 35.5. The summed E-state index contributed by atoms with van der Waals surface area (Å²) in [5.74, 6) is -0.617. The first-order valence-corrected chi connectivity index (χ1v) is 10.3. The SMILES string of the molecule is Cc1ccc(C2=C(Sc3ccc(Cl)cc3)C(=O)N(c3ccc(C)cc3)C2=O)cc1. The molecular weight excluding hydrogens is 402 g/mol. The molecule has 144 valence electrons. The molecule has 3 nitrogen and oxygen atoms in total. The van der Waals surface area contributed by atoms with Crippen molar-refractivity contribution in [3.05, 3.63) is 99.4 Å². The van der Waals surface area contributed by atoms with Crippen LogP contribution in [0.5, 0.6) is 0 Å². The number of amides is 2. The van der Waals surface area contributed by atoms with Crippen LogP contribution in [0.1, 0.15) is 16.7 Å². The highest BCUT2D eigenvalue weighted by molar-refractivity contribution is 8.04. The first-order chi connectivity index (χ1) is 13.9. The van der Waals surface area contributed by atoms with Gasteiger partial charge < -0.3 is 0 Å². The van der Waals surface area contributed by atoms with Gasteiger partial charge in [0.2, 0.25) is 0 Å². The topological polar surface area (TPSA) is 37.4 Å². The number of carbonyl (C=O) groups is 2. The van der Waals surface area contributed by atoms with E-state index in [-0.39, 0.29) is 11.8 Å². The van der Waals surface area contributed by atoms with Crippen molar-refractivity contribution in [1.29, 1.82) is 0 Å². The van der Waals surface area contributed by atoms with Crippen molar-refractivity contribution >= 4 is 46.4 Å². The second-order valence-corrected chi connectivity index (χ2v) is 8.43. The lowest BCUT2D eigenvalue weighted by Gasteiger charge is -2.15. The predicted molar refractivity (Wildman–Crippen MR) is 119 cm³/mol. The Labute approximate surface area is 179 Å². The maximum absolute atomic E-state index is 13.4. The zero-order valence-corrected chi connectivity index (χ0v) is 17.6. The number of hydrogen-bond acceptors (Lipinski definition) is 3. The van der Waals surface area contributed by atoms with Crippen molar-refractivity contribution in [2.45, 2.75) is 18.7 Å². The van der Waals surface area contributed by atoms with Gasteiger partial charge in [-0.25, -0.2) is 4.90 Å². The maximum Gasteiger partial charge on any atom is 0.272 e. The van der Waals surface area contributed by atoms with Gasteiger partial charge in [-0.2, -0.15) is 0 Å². The quantitative estimate of drug-likeness (QED) is 0.484. The lowest BCUT2D eigenvalue weighted by molar-refractivity contribution is -0.119. The summed E-state index contributed by atoms with van der Waals surface area (Å²) >= 11 is 7.27. The Bertz CT molecular complexity index is 1120. The van der Waals surface area contributed by atoms with E-state index in [0.717, 1.165) is 21.6 Å². The number of aryl methyl sites for hydroxylation is 2. The molecule has 0 bridgehead atoms. The molecule has 0 saturated carbocycles. The van der Waals surface area contributed by atoms with Crippen molar-refractivity contribution in [2.24, 2.45) is 0 Å². The molecule has 0 radical (unpaired) electrons. The molecule has 2 amide bonds. The average Bonchev–Trinajstić information content (AvgIpc) is 2.95. The van der Waals surface area contributed by atoms with Gasteiger partial charge >= 0.3 is 0 Å². The molecular formula is C24H18ClNO2S. The van der Waals surface area contributed by atoms with Crippen LogP contribution in [0.3, 0.4) is 0 Å². The normalized spacial score (nSPS) is 14.1. The van der Waals surface area contributed by atoms with Crippen LogP contribution < -0.4 is 4.90 Å². The molecule has 3 aromatic carbocycles. The number of halogens is 1. The van der Waals surface area contributed by atoms with Gasteiger partial charge in [0.25, 0.3) is 11.8 Å². The number of benzene rings is 3. The van der Waals surface area contributed by atoms with E-state index in [9.17, 15) is 9.59 Å².